The number of carbonyl (C=O) groups excluding carboxylic acids is 1. The number of hydrogen-bond donors (Lipinski definition) is 0. The quantitative estimate of drug-likeness (QED) is 0.816. The van der Waals surface area contributed by atoms with Crippen molar-refractivity contribution < 1.29 is 18.0 Å². The van der Waals surface area contributed by atoms with Gasteiger partial charge in [0.2, 0.25) is 0 Å². The number of nitrogens with zero attached hydrogens (tertiary/aromatic N) is 3. The zero-order valence-electron chi connectivity index (χ0n) is 11.8. The lowest BCUT2D eigenvalue weighted by Gasteiger charge is -2.31. The predicted molar refractivity (Wildman–Crippen MR) is 73.0 cm³/mol. The van der Waals surface area contributed by atoms with Crippen molar-refractivity contribution in [1.82, 2.24) is 14.8 Å². The van der Waals surface area contributed by atoms with Crippen molar-refractivity contribution >= 4 is 6.29 Å². The minimum Gasteiger partial charge on any atom is -0.303 e. The smallest absolute Gasteiger partial charge is 0.303 e. The Hall–Kier alpha value is -2.18. The highest BCUT2D eigenvalue weighted by Gasteiger charge is 2.40. The van der Waals surface area contributed by atoms with Gasteiger partial charge in [-0.3, -0.25) is 9.67 Å². The van der Waals surface area contributed by atoms with Crippen LogP contribution < -0.4 is 0 Å². The fourth-order valence-electron chi connectivity index (χ4n) is 2.63. The van der Waals surface area contributed by atoms with E-state index < -0.39 is 11.9 Å². The van der Waals surface area contributed by atoms with E-state index in [4.69, 9.17) is 0 Å². The number of hydrogen-bond acceptors (Lipinski definition) is 3. The number of aryl methyl sites for hydroxylation is 1. The van der Waals surface area contributed by atoms with E-state index in [-0.39, 0.29) is 23.2 Å². The van der Waals surface area contributed by atoms with Gasteiger partial charge in [0.1, 0.15) is 6.29 Å². The van der Waals surface area contributed by atoms with E-state index in [0.717, 1.165) is 6.29 Å². The molecule has 116 valence electrons. The maximum atomic E-state index is 13.2. The molecule has 2 heterocycles. The molecular formula is C15H14F3N3O. The molecule has 0 radical (unpaired) electrons. The first-order chi connectivity index (χ1) is 10.4. The Morgan fingerprint density at radius 1 is 1.32 bits per heavy atom. The van der Waals surface area contributed by atoms with Crippen LogP contribution in [0.4, 0.5) is 13.2 Å². The molecule has 1 fully saturated rings. The number of carbonyl (C=O) groups is 1. The van der Waals surface area contributed by atoms with Crippen LogP contribution in [0.15, 0.2) is 24.4 Å². The summed E-state index contributed by atoms with van der Waals surface area (Å²) in [5, 5.41) is 3.71. The molecule has 0 atom stereocenters. The molecule has 0 aliphatic heterocycles. The lowest BCUT2D eigenvalue weighted by Crippen LogP contribution is -2.28. The Balaban J connectivity index is 2.01. The van der Waals surface area contributed by atoms with Crippen molar-refractivity contribution in [2.24, 2.45) is 5.92 Å². The standard InChI is InChI=1S/C15H14F3N3O/c1-9-3-2-4-13(19-9)12-7-21(11-5-10(6-11)8-22)20-14(12)15(16,17)18/h2-4,7-8,10-11H,5-6H2,1H3/t10-,11-. The van der Waals surface area contributed by atoms with Gasteiger partial charge in [-0.15, -0.1) is 0 Å². The van der Waals surface area contributed by atoms with Gasteiger partial charge in [0.15, 0.2) is 5.69 Å². The van der Waals surface area contributed by atoms with Crippen LogP contribution in [0.5, 0.6) is 0 Å². The SMILES string of the molecule is Cc1cccc(-c2cn([C@H]3C[C@H](C=O)C3)nc2C(F)(F)F)n1. The van der Waals surface area contributed by atoms with Gasteiger partial charge >= 0.3 is 6.18 Å². The topological polar surface area (TPSA) is 47.8 Å². The number of aldehydes is 1. The fraction of sp³-hybridized carbons (Fsp3) is 0.400. The molecule has 22 heavy (non-hydrogen) atoms. The molecular weight excluding hydrogens is 295 g/mol. The fourth-order valence-corrected chi connectivity index (χ4v) is 2.63. The third-order valence-electron chi connectivity index (χ3n) is 3.88. The van der Waals surface area contributed by atoms with E-state index in [0.29, 0.717) is 18.5 Å². The van der Waals surface area contributed by atoms with E-state index in [9.17, 15) is 18.0 Å². The van der Waals surface area contributed by atoms with Crippen LogP contribution >= 0.6 is 0 Å². The van der Waals surface area contributed by atoms with Crippen molar-refractivity contribution in [2.75, 3.05) is 0 Å². The number of halogens is 3. The summed E-state index contributed by atoms with van der Waals surface area (Å²) >= 11 is 0. The Morgan fingerprint density at radius 2 is 2.05 bits per heavy atom. The molecule has 0 N–H and O–H groups in total. The van der Waals surface area contributed by atoms with E-state index in [1.807, 2.05) is 0 Å². The molecule has 0 spiro atoms. The minimum atomic E-state index is -4.54. The van der Waals surface area contributed by atoms with Gasteiger partial charge in [-0.1, -0.05) is 6.07 Å². The van der Waals surface area contributed by atoms with E-state index in [1.165, 1.54) is 10.9 Å². The molecule has 0 unspecified atom stereocenters. The Labute approximate surface area is 125 Å². The summed E-state index contributed by atoms with van der Waals surface area (Å²) in [4.78, 5) is 14.8. The van der Waals surface area contributed by atoms with E-state index in [1.54, 1.807) is 25.1 Å². The van der Waals surface area contributed by atoms with Crippen LogP contribution in [0, 0.1) is 12.8 Å². The summed E-state index contributed by atoms with van der Waals surface area (Å²) in [5.74, 6) is -0.0796. The Kier molecular flexibility index (Phi) is 3.50. The van der Waals surface area contributed by atoms with Crippen LogP contribution in [0.3, 0.4) is 0 Å². The van der Waals surface area contributed by atoms with Crippen molar-refractivity contribution in [1.29, 1.82) is 0 Å². The molecule has 2 aromatic heterocycles. The number of alkyl halides is 3. The maximum Gasteiger partial charge on any atom is 0.435 e. The summed E-state index contributed by atoms with van der Waals surface area (Å²) in [6.07, 6.45) is -1.25. The molecule has 0 amide bonds. The molecule has 1 aliphatic carbocycles. The third-order valence-corrected chi connectivity index (χ3v) is 3.88. The average molecular weight is 309 g/mol. The average Bonchev–Trinajstić information content (AvgIpc) is 2.82. The molecule has 0 aromatic carbocycles. The van der Waals surface area contributed by atoms with E-state index >= 15 is 0 Å². The number of pyridine rings is 1. The highest BCUT2D eigenvalue weighted by molar-refractivity contribution is 5.62. The van der Waals surface area contributed by atoms with Gasteiger partial charge in [-0.05, 0) is 31.9 Å². The molecule has 2 aromatic rings. The van der Waals surface area contributed by atoms with Crippen LogP contribution in [0.1, 0.15) is 30.3 Å². The monoisotopic (exact) mass is 309 g/mol. The molecule has 0 bridgehead atoms. The summed E-state index contributed by atoms with van der Waals surface area (Å²) in [7, 11) is 0. The Morgan fingerprint density at radius 3 is 2.64 bits per heavy atom. The summed E-state index contributed by atoms with van der Waals surface area (Å²) in [6.45, 7) is 1.72. The lowest BCUT2D eigenvalue weighted by atomic mass is 9.81. The number of aromatic nitrogens is 3. The van der Waals surface area contributed by atoms with Crippen molar-refractivity contribution in [2.45, 2.75) is 32.0 Å². The van der Waals surface area contributed by atoms with Crippen LogP contribution in [0.2, 0.25) is 0 Å². The van der Waals surface area contributed by atoms with Crippen molar-refractivity contribution in [3.8, 4) is 11.3 Å². The zero-order valence-corrected chi connectivity index (χ0v) is 11.8. The van der Waals surface area contributed by atoms with Crippen LogP contribution in [-0.4, -0.2) is 21.1 Å². The van der Waals surface area contributed by atoms with Gasteiger partial charge in [0, 0.05) is 17.8 Å². The van der Waals surface area contributed by atoms with Gasteiger partial charge in [0.05, 0.1) is 17.3 Å². The summed E-state index contributed by atoms with van der Waals surface area (Å²) in [6, 6.07) is 4.77. The maximum absolute atomic E-state index is 13.2. The first kappa shape index (κ1) is 14.7. The zero-order chi connectivity index (χ0) is 15.9. The second kappa shape index (κ2) is 5.23. The molecule has 3 rings (SSSR count). The number of rotatable bonds is 3. The van der Waals surface area contributed by atoms with Crippen LogP contribution in [0.25, 0.3) is 11.3 Å². The minimum absolute atomic E-state index is 0.0225. The Bertz CT molecular complexity index is 702. The normalized spacial score (nSPS) is 21.5. The third kappa shape index (κ3) is 2.63. The van der Waals surface area contributed by atoms with Gasteiger partial charge in [-0.2, -0.15) is 18.3 Å². The van der Waals surface area contributed by atoms with E-state index in [2.05, 4.69) is 10.1 Å². The molecule has 1 aliphatic rings. The van der Waals surface area contributed by atoms with Crippen LogP contribution in [-0.2, 0) is 11.0 Å². The molecule has 1 saturated carbocycles. The van der Waals surface area contributed by atoms with Crippen molar-refractivity contribution in [3.63, 3.8) is 0 Å². The lowest BCUT2D eigenvalue weighted by molar-refractivity contribution is -0.141. The molecule has 0 saturated heterocycles. The first-order valence-electron chi connectivity index (χ1n) is 6.94. The second-order valence-corrected chi connectivity index (χ2v) is 5.55. The van der Waals surface area contributed by atoms with Crippen molar-refractivity contribution in [3.05, 3.63) is 35.8 Å². The first-order valence-corrected chi connectivity index (χ1v) is 6.94. The second-order valence-electron chi connectivity index (χ2n) is 5.55. The summed E-state index contributed by atoms with van der Waals surface area (Å²) < 4.78 is 41.0. The predicted octanol–water partition coefficient (Wildman–Crippen LogP) is 3.42. The summed E-state index contributed by atoms with van der Waals surface area (Å²) in [5.41, 5.74) is -0.0567. The molecule has 7 heteroatoms. The largest absolute Gasteiger partial charge is 0.435 e. The highest BCUT2D eigenvalue weighted by atomic mass is 19.4. The highest BCUT2D eigenvalue weighted by Crippen LogP contribution is 2.40. The van der Waals surface area contributed by atoms with Gasteiger partial charge < -0.3 is 4.79 Å². The van der Waals surface area contributed by atoms with Gasteiger partial charge in [0.25, 0.3) is 0 Å². The van der Waals surface area contributed by atoms with Gasteiger partial charge in [-0.25, -0.2) is 0 Å². The molecule has 4 nitrogen and oxygen atoms in total.